The second kappa shape index (κ2) is 2930. The first-order valence-corrected chi connectivity index (χ1v) is 1.50. The van der Waals surface area contributed by atoms with Crippen LogP contribution in [0.25, 0.3) is 0 Å². The Kier molecular flexibility index (Phi) is 23400. The van der Waals surface area contributed by atoms with Crippen molar-refractivity contribution in [2.75, 3.05) is 0 Å². The van der Waals surface area contributed by atoms with Gasteiger partial charge in [0.05, 0.1) is 0 Å². The molecule has 0 aromatic rings. The van der Waals surface area contributed by atoms with Crippen molar-refractivity contribution in [3.63, 3.8) is 0 Å². The molecule has 0 rings (SSSR count). The van der Waals surface area contributed by atoms with E-state index < -0.39 is 0 Å². The summed E-state index contributed by atoms with van der Waals surface area (Å²) in [6.07, 6.45) is 0. The van der Waals surface area contributed by atoms with Crippen LogP contribution in [0.4, 0.5) is 0 Å². The molecule has 0 spiro atoms. The maximum atomic E-state index is 3.00. The Morgan fingerprint density at radius 1 is 0.444 bits per heavy atom. The number of hydrogen-bond acceptors (Lipinski definition) is 2. The minimum Gasteiger partial charge on any atom is -0.344 e. The zero-order valence-corrected chi connectivity index (χ0v) is 7.22. The van der Waals surface area contributed by atoms with Gasteiger partial charge < -0.3 is 12.3 Å². The molecule has 0 saturated heterocycles. The van der Waals surface area contributed by atoms with Crippen LogP contribution in [0.2, 0.25) is 0 Å². The van der Waals surface area contributed by atoms with E-state index in [1.165, 1.54) is 0 Å². The molecule has 6 N–H and O–H groups in total. The molecule has 2 nitrogen and oxygen atoms in total. The topological polar surface area (TPSA) is 70.0 Å². The average molecular weight is 173 g/mol. The molecule has 0 heterocycles. The largest absolute Gasteiger partial charge is 0.344 e. The molecule has 0 bridgehead atoms. The van der Waals surface area contributed by atoms with Gasteiger partial charge in [0, 0.05) is 17.1 Å². The molecule has 0 fully saturated rings. The van der Waals surface area contributed by atoms with Crippen molar-refractivity contribution in [3.05, 3.63) is 39.5 Å². The fraction of sp³-hybridized carbons (Fsp3) is 0. The van der Waals surface area contributed by atoms with Crippen molar-refractivity contribution in [2.24, 2.45) is 0 Å². The monoisotopic (exact) mass is 173 g/mol. The third kappa shape index (κ3) is 2120. The van der Waals surface area contributed by atoms with Crippen molar-refractivity contribution in [2.45, 2.75) is 0 Å². The van der Waals surface area contributed by atoms with Gasteiger partial charge in [0.2, 0.25) is 0 Å². The van der Waals surface area contributed by atoms with Gasteiger partial charge in [-0.25, -0.2) is 0 Å². The quantitative estimate of drug-likeness (QED) is 0.436. The maximum Gasteiger partial charge on any atom is 0 e. The molecule has 9 heavy (non-hydrogen) atoms. The Balaban J connectivity index is -0.00000000321. The smallest absolute Gasteiger partial charge is 0 e. The van der Waals surface area contributed by atoms with E-state index in [0.717, 1.165) is 0 Å². The Labute approximate surface area is 69.4 Å². The van der Waals surface area contributed by atoms with Gasteiger partial charge in [-0.3, -0.25) is 0 Å². The summed E-state index contributed by atoms with van der Waals surface area (Å²) in [5, 5.41) is 0. The Morgan fingerprint density at radius 3 is 0.444 bits per heavy atom. The first-order chi connectivity index (χ1) is 3.00. The van der Waals surface area contributed by atoms with Gasteiger partial charge in [-0.15, -0.1) is 39.5 Å². The standard InChI is InChI=1S/3C2H4.Mn.2H3N/c3*1-2;;;/h3*1-2H2;;2*1H3. The van der Waals surface area contributed by atoms with Gasteiger partial charge in [0.1, 0.15) is 0 Å². The summed E-state index contributed by atoms with van der Waals surface area (Å²) in [5.41, 5.74) is 0. The van der Waals surface area contributed by atoms with E-state index in [-0.39, 0.29) is 29.4 Å². The summed E-state index contributed by atoms with van der Waals surface area (Å²) in [4.78, 5) is 0. The van der Waals surface area contributed by atoms with E-state index in [2.05, 4.69) is 39.5 Å². The third-order valence-electron chi connectivity index (χ3n) is 0. The van der Waals surface area contributed by atoms with E-state index in [9.17, 15) is 0 Å². The molecule has 1 radical (unpaired) electrons. The average Bonchev–Trinajstić information content (AvgIpc) is 1.81. The molecule has 0 unspecified atom stereocenters. The summed E-state index contributed by atoms with van der Waals surface area (Å²) in [7, 11) is 0. The van der Waals surface area contributed by atoms with Crippen molar-refractivity contribution >= 4 is 0 Å². The van der Waals surface area contributed by atoms with Gasteiger partial charge in [-0.05, 0) is 0 Å². The summed E-state index contributed by atoms with van der Waals surface area (Å²) in [6.45, 7) is 18.0. The Bertz CT molecular complexity index is 15.8. The molecule has 0 amide bonds. The first kappa shape index (κ1) is 71.8. The number of rotatable bonds is 0. The molecule has 0 aliphatic heterocycles. The van der Waals surface area contributed by atoms with Crippen molar-refractivity contribution in [1.82, 2.24) is 12.3 Å². The molecule has 59 valence electrons. The van der Waals surface area contributed by atoms with Crippen LogP contribution < -0.4 is 12.3 Å². The Hall–Kier alpha value is -0.341. The predicted molar refractivity (Wildman–Crippen MR) is 43.8 cm³/mol. The fourth-order valence-corrected chi connectivity index (χ4v) is 0. The second-order valence-corrected chi connectivity index (χ2v) is 0. The van der Waals surface area contributed by atoms with Gasteiger partial charge in [-0.2, -0.15) is 0 Å². The summed E-state index contributed by atoms with van der Waals surface area (Å²) < 4.78 is 0. The zero-order valence-electron chi connectivity index (χ0n) is 6.03. The molecule has 0 aliphatic carbocycles. The van der Waals surface area contributed by atoms with Crippen LogP contribution in [0.3, 0.4) is 0 Å². The van der Waals surface area contributed by atoms with Crippen LogP contribution in [0.15, 0.2) is 39.5 Å². The molecule has 0 aromatic carbocycles. The SMILES string of the molecule is C=C.C=C.C=C.N.N.[Mn]. The van der Waals surface area contributed by atoms with Crippen LogP contribution in [0.5, 0.6) is 0 Å². The van der Waals surface area contributed by atoms with Crippen molar-refractivity contribution < 1.29 is 17.1 Å². The van der Waals surface area contributed by atoms with Gasteiger partial charge in [-0.1, -0.05) is 0 Å². The van der Waals surface area contributed by atoms with Crippen molar-refractivity contribution in [1.29, 1.82) is 0 Å². The number of hydrogen-bond donors (Lipinski definition) is 2. The minimum absolute atomic E-state index is 0. The zero-order chi connectivity index (χ0) is 6.00. The summed E-state index contributed by atoms with van der Waals surface area (Å²) in [5.74, 6) is 0. The van der Waals surface area contributed by atoms with Gasteiger partial charge in [0.15, 0.2) is 0 Å². The molecular formula is C6H18MnN2. The van der Waals surface area contributed by atoms with Crippen molar-refractivity contribution in [3.8, 4) is 0 Å². The van der Waals surface area contributed by atoms with Crippen LogP contribution in [-0.2, 0) is 17.1 Å². The Morgan fingerprint density at radius 2 is 0.444 bits per heavy atom. The van der Waals surface area contributed by atoms with Gasteiger partial charge in [0.25, 0.3) is 0 Å². The van der Waals surface area contributed by atoms with Gasteiger partial charge >= 0.3 is 0 Å². The molecular weight excluding hydrogens is 155 g/mol. The summed E-state index contributed by atoms with van der Waals surface area (Å²) >= 11 is 0. The van der Waals surface area contributed by atoms with Crippen LogP contribution in [0, 0.1) is 0 Å². The second-order valence-electron chi connectivity index (χ2n) is 0. The molecule has 0 aliphatic rings. The van der Waals surface area contributed by atoms with Crippen LogP contribution in [-0.4, -0.2) is 0 Å². The first-order valence-electron chi connectivity index (χ1n) is 1.50. The van der Waals surface area contributed by atoms with E-state index in [0.29, 0.717) is 0 Å². The predicted octanol–water partition coefficient (Wildman–Crippen LogP) is 2.73. The molecule has 0 saturated carbocycles. The molecule has 3 heteroatoms. The van der Waals surface area contributed by atoms with E-state index in [1.54, 1.807) is 0 Å². The normalized spacial score (nSPS) is 1.33. The van der Waals surface area contributed by atoms with E-state index in [4.69, 9.17) is 0 Å². The minimum atomic E-state index is 0. The summed E-state index contributed by atoms with van der Waals surface area (Å²) in [6, 6.07) is 0. The van der Waals surface area contributed by atoms with E-state index >= 15 is 0 Å². The molecule has 0 atom stereocenters. The van der Waals surface area contributed by atoms with Crippen LogP contribution >= 0.6 is 0 Å². The third-order valence-corrected chi connectivity index (χ3v) is 0. The van der Waals surface area contributed by atoms with Crippen LogP contribution in [0.1, 0.15) is 0 Å². The molecule has 0 aromatic heterocycles. The maximum absolute atomic E-state index is 3.00. The fourth-order valence-electron chi connectivity index (χ4n) is 0. The van der Waals surface area contributed by atoms with E-state index in [1.807, 2.05) is 0 Å².